The fourth-order valence-electron chi connectivity index (χ4n) is 3.02. The highest BCUT2D eigenvalue weighted by Gasteiger charge is 2.27. The van der Waals surface area contributed by atoms with Crippen LogP contribution in [-0.2, 0) is 11.8 Å². The van der Waals surface area contributed by atoms with Crippen LogP contribution in [-0.4, -0.2) is 35.8 Å². The van der Waals surface area contributed by atoms with Gasteiger partial charge in [-0.05, 0) is 44.4 Å². The maximum absolute atomic E-state index is 12.1. The summed E-state index contributed by atoms with van der Waals surface area (Å²) in [4.78, 5) is 13.9. The normalized spacial score (nSPS) is 16.1. The first-order valence-electron chi connectivity index (χ1n) is 8.84. The summed E-state index contributed by atoms with van der Waals surface area (Å²) in [5.74, 6) is 0.886. The molecule has 5 heteroatoms. The highest BCUT2D eigenvalue weighted by atomic mass is 16.6. The number of amides is 1. The average molecular weight is 343 g/mol. The van der Waals surface area contributed by atoms with Crippen LogP contribution in [0.1, 0.15) is 33.6 Å². The SMILES string of the molecule is C[n+]1ccc2cc(OC3CCN(C(=O)OC(C)(C)C)CC3)ccc2c1. The molecule has 0 spiro atoms. The lowest BCUT2D eigenvalue weighted by atomic mass is 10.1. The van der Waals surface area contributed by atoms with Gasteiger partial charge in [0.2, 0.25) is 0 Å². The molecule has 0 aliphatic carbocycles. The second-order valence-corrected chi connectivity index (χ2v) is 7.69. The fourth-order valence-corrected chi connectivity index (χ4v) is 3.02. The van der Waals surface area contributed by atoms with E-state index in [2.05, 4.69) is 24.4 Å². The molecule has 1 amide bonds. The van der Waals surface area contributed by atoms with Crippen LogP contribution in [0.5, 0.6) is 5.75 Å². The second-order valence-electron chi connectivity index (χ2n) is 7.69. The summed E-state index contributed by atoms with van der Waals surface area (Å²) >= 11 is 0. The van der Waals surface area contributed by atoms with Gasteiger partial charge in [0, 0.05) is 37.4 Å². The number of nitrogens with zero attached hydrogens (tertiary/aromatic N) is 2. The number of ether oxygens (including phenoxy) is 2. The first kappa shape index (κ1) is 17.5. The summed E-state index contributed by atoms with van der Waals surface area (Å²) in [6.07, 6.45) is 5.67. The Morgan fingerprint density at radius 2 is 1.88 bits per heavy atom. The zero-order valence-corrected chi connectivity index (χ0v) is 15.5. The maximum Gasteiger partial charge on any atom is 0.410 e. The van der Waals surface area contributed by atoms with E-state index in [-0.39, 0.29) is 12.2 Å². The molecular formula is C20H27N2O3+. The minimum Gasteiger partial charge on any atom is -0.490 e. The number of pyridine rings is 1. The van der Waals surface area contributed by atoms with Crippen molar-refractivity contribution in [3.05, 3.63) is 36.7 Å². The minimum absolute atomic E-state index is 0.135. The number of benzene rings is 1. The van der Waals surface area contributed by atoms with E-state index in [0.29, 0.717) is 13.1 Å². The van der Waals surface area contributed by atoms with E-state index in [9.17, 15) is 4.79 Å². The molecule has 1 aromatic heterocycles. The number of rotatable bonds is 2. The van der Waals surface area contributed by atoms with Crippen LogP contribution in [0.2, 0.25) is 0 Å². The molecule has 1 aliphatic rings. The van der Waals surface area contributed by atoms with E-state index in [1.165, 1.54) is 10.8 Å². The molecule has 134 valence electrons. The summed E-state index contributed by atoms with van der Waals surface area (Å²) in [7, 11) is 2.02. The molecule has 3 rings (SSSR count). The first-order valence-corrected chi connectivity index (χ1v) is 8.84. The molecule has 0 radical (unpaired) electrons. The van der Waals surface area contributed by atoms with Gasteiger partial charge >= 0.3 is 6.09 Å². The number of aromatic nitrogens is 1. The smallest absolute Gasteiger partial charge is 0.410 e. The van der Waals surface area contributed by atoms with Crippen LogP contribution in [0.4, 0.5) is 4.79 Å². The Hall–Kier alpha value is -2.30. The van der Waals surface area contributed by atoms with Crippen molar-refractivity contribution in [1.29, 1.82) is 0 Å². The summed E-state index contributed by atoms with van der Waals surface area (Å²) in [6.45, 7) is 7.01. The quantitative estimate of drug-likeness (QED) is 0.785. The summed E-state index contributed by atoms with van der Waals surface area (Å²) in [5.41, 5.74) is -0.452. The fraction of sp³-hybridized carbons (Fsp3) is 0.500. The Morgan fingerprint density at radius 3 is 2.56 bits per heavy atom. The van der Waals surface area contributed by atoms with E-state index in [0.717, 1.165) is 18.6 Å². The van der Waals surface area contributed by atoms with E-state index >= 15 is 0 Å². The molecule has 1 saturated heterocycles. The highest BCUT2D eigenvalue weighted by Crippen LogP contribution is 2.24. The molecule has 0 atom stereocenters. The van der Waals surface area contributed by atoms with Gasteiger partial charge in [-0.25, -0.2) is 9.36 Å². The lowest BCUT2D eigenvalue weighted by molar-refractivity contribution is -0.670. The maximum atomic E-state index is 12.1. The first-order chi connectivity index (χ1) is 11.8. The number of fused-ring (bicyclic) bond motifs is 1. The number of likely N-dealkylation sites (tertiary alicyclic amines) is 1. The third-order valence-electron chi connectivity index (χ3n) is 4.29. The van der Waals surface area contributed by atoms with Crippen molar-refractivity contribution in [3.8, 4) is 5.75 Å². The van der Waals surface area contributed by atoms with Gasteiger partial charge in [0.05, 0.1) is 0 Å². The highest BCUT2D eigenvalue weighted by molar-refractivity contribution is 5.82. The molecule has 0 unspecified atom stereocenters. The zero-order chi connectivity index (χ0) is 18.0. The van der Waals surface area contributed by atoms with Crippen LogP contribution in [0, 0.1) is 0 Å². The average Bonchev–Trinajstić information content (AvgIpc) is 2.54. The Balaban J connectivity index is 1.57. The third-order valence-corrected chi connectivity index (χ3v) is 4.29. The molecule has 1 fully saturated rings. The molecule has 0 N–H and O–H groups in total. The van der Waals surface area contributed by atoms with E-state index in [4.69, 9.17) is 9.47 Å². The number of aryl methyl sites for hydroxylation is 1. The summed E-state index contributed by atoms with van der Waals surface area (Å²) in [6, 6.07) is 8.27. The van der Waals surface area contributed by atoms with Crippen LogP contribution < -0.4 is 9.30 Å². The Labute approximate surface area is 149 Å². The Kier molecular flexibility index (Phi) is 4.84. The molecule has 25 heavy (non-hydrogen) atoms. The molecule has 0 saturated carbocycles. The van der Waals surface area contributed by atoms with Gasteiger partial charge in [0.1, 0.15) is 24.5 Å². The lowest BCUT2D eigenvalue weighted by Gasteiger charge is -2.33. The second kappa shape index (κ2) is 6.90. The number of carbonyl (C=O) groups excluding carboxylic acids is 1. The predicted octanol–water partition coefficient (Wildman–Crippen LogP) is 3.44. The van der Waals surface area contributed by atoms with Crippen LogP contribution in [0.15, 0.2) is 36.7 Å². The van der Waals surface area contributed by atoms with Gasteiger partial charge in [0.15, 0.2) is 12.4 Å². The number of hydrogen-bond acceptors (Lipinski definition) is 3. The number of hydrogen-bond donors (Lipinski definition) is 0. The van der Waals surface area contributed by atoms with Gasteiger partial charge < -0.3 is 14.4 Å². The largest absolute Gasteiger partial charge is 0.490 e. The topological polar surface area (TPSA) is 42.7 Å². The predicted molar refractivity (Wildman–Crippen MR) is 96.6 cm³/mol. The van der Waals surface area contributed by atoms with E-state index < -0.39 is 5.60 Å². The standard InChI is InChI=1S/C20H27N2O3/c1-20(2,3)25-19(23)22-11-8-17(9-12-22)24-18-6-5-16-14-21(4)10-7-15(16)13-18/h5-7,10,13-14,17H,8-9,11-12H2,1-4H3/q+1. The van der Waals surface area contributed by atoms with Crippen molar-refractivity contribution >= 4 is 16.9 Å². The number of piperidine rings is 1. The van der Waals surface area contributed by atoms with Crippen LogP contribution in [0.25, 0.3) is 10.8 Å². The zero-order valence-electron chi connectivity index (χ0n) is 15.5. The van der Waals surface area contributed by atoms with Crippen molar-refractivity contribution in [2.45, 2.75) is 45.3 Å². The van der Waals surface area contributed by atoms with Crippen LogP contribution in [0.3, 0.4) is 0 Å². The third kappa shape index (κ3) is 4.62. The summed E-state index contributed by atoms with van der Waals surface area (Å²) < 4.78 is 13.6. The molecule has 1 aromatic carbocycles. The molecule has 2 aromatic rings. The Bertz CT molecular complexity index is 759. The van der Waals surface area contributed by atoms with Gasteiger partial charge in [-0.1, -0.05) is 0 Å². The molecular weight excluding hydrogens is 316 g/mol. The summed E-state index contributed by atoms with van der Waals surface area (Å²) in [5, 5.41) is 2.36. The van der Waals surface area contributed by atoms with Crippen molar-refractivity contribution in [1.82, 2.24) is 4.90 Å². The molecule has 2 heterocycles. The van der Waals surface area contributed by atoms with Crippen molar-refractivity contribution in [2.75, 3.05) is 13.1 Å². The monoisotopic (exact) mass is 343 g/mol. The van der Waals surface area contributed by atoms with Gasteiger partial charge in [-0.2, -0.15) is 0 Å². The van der Waals surface area contributed by atoms with Crippen LogP contribution >= 0.6 is 0 Å². The van der Waals surface area contributed by atoms with E-state index in [1.54, 1.807) is 4.90 Å². The minimum atomic E-state index is -0.452. The molecule has 0 bridgehead atoms. The lowest BCUT2D eigenvalue weighted by Crippen LogP contribution is -2.44. The molecule has 1 aliphatic heterocycles. The van der Waals surface area contributed by atoms with E-state index in [1.807, 2.05) is 44.6 Å². The van der Waals surface area contributed by atoms with Gasteiger partial charge in [-0.3, -0.25) is 0 Å². The van der Waals surface area contributed by atoms with Gasteiger partial charge in [-0.15, -0.1) is 0 Å². The van der Waals surface area contributed by atoms with Gasteiger partial charge in [0.25, 0.3) is 0 Å². The van der Waals surface area contributed by atoms with Crippen molar-refractivity contribution in [3.63, 3.8) is 0 Å². The number of carbonyl (C=O) groups is 1. The van der Waals surface area contributed by atoms with Crippen molar-refractivity contribution < 1.29 is 18.8 Å². The molecule has 5 nitrogen and oxygen atoms in total. The Morgan fingerprint density at radius 1 is 1.16 bits per heavy atom. The van der Waals surface area contributed by atoms with Crippen molar-refractivity contribution in [2.24, 2.45) is 7.05 Å².